The molecule has 0 saturated carbocycles. The van der Waals surface area contributed by atoms with Gasteiger partial charge in [0.2, 0.25) is 5.82 Å². The standard InChI is InChI=1S/C8H3F5O3S.Na/c9-4-3(1-2-17(14,15)16)5(10)7(12)8(13)6(4)11;/h1-2H,(H,14,15,16);/q;+1/p-1. The summed E-state index contributed by atoms with van der Waals surface area (Å²) in [5.41, 5.74) is -1.50. The van der Waals surface area contributed by atoms with Gasteiger partial charge in [0.15, 0.2) is 23.3 Å². The molecule has 1 aromatic carbocycles. The summed E-state index contributed by atoms with van der Waals surface area (Å²) in [6.07, 6.45) is -0.00139. The summed E-state index contributed by atoms with van der Waals surface area (Å²) in [6, 6.07) is 0. The van der Waals surface area contributed by atoms with Crippen LogP contribution in [0.2, 0.25) is 0 Å². The van der Waals surface area contributed by atoms with Gasteiger partial charge in [-0.15, -0.1) is 0 Å². The number of benzene rings is 1. The predicted molar refractivity (Wildman–Crippen MR) is 45.0 cm³/mol. The fourth-order valence-electron chi connectivity index (χ4n) is 0.920. The van der Waals surface area contributed by atoms with Crippen molar-refractivity contribution < 1.29 is 64.5 Å². The zero-order chi connectivity index (χ0) is 13.4. The maximum Gasteiger partial charge on any atom is 1.00 e. The van der Waals surface area contributed by atoms with E-state index in [1.165, 1.54) is 0 Å². The van der Waals surface area contributed by atoms with Gasteiger partial charge in [0.05, 0.1) is 5.56 Å². The van der Waals surface area contributed by atoms with E-state index in [2.05, 4.69) is 0 Å². The van der Waals surface area contributed by atoms with E-state index < -0.39 is 44.8 Å². The van der Waals surface area contributed by atoms with E-state index in [1.807, 2.05) is 0 Å². The van der Waals surface area contributed by atoms with Crippen LogP contribution in [0.3, 0.4) is 0 Å². The summed E-state index contributed by atoms with van der Waals surface area (Å²) < 4.78 is 93.9. The Hall–Kier alpha value is -0.480. The molecule has 94 valence electrons. The molecule has 10 heteroatoms. The fraction of sp³-hybridized carbons (Fsp3) is 0. The minimum Gasteiger partial charge on any atom is -0.744 e. The van der Waals surface area contributed by atoms with Crippen molar-refractivity contribution in [1.82, 2.24) is 0 Å². The van der Waals surface area contributed by atoms with Gasteiger partial charge < -0.3 is 4.55 Å². The maximum atomic E-state index is 12.9. The summed E-state index contributed by atoms with van der Waals surface area (Å²) in [4.78, 5) is 0. The molecule has 18 heavy (non-hydrogen) atoms. The summed E-state index contributed by atoms with van der Waals surface area (Å²) in [5.74, 6) is -11.3. The molecule has 0 aliphatic rings. The second-order valence-corrected chi connectivity index (χ2v) is 4.04. The smallest absolute Gasteiger partial charge is 0.744 e. The molecule has 0 N–H and O–H groups in total. The van der Waals surface area contributed by atoms with Crippen LogP contribution in [0.15, 0.2) is 5.41 Å². The fourth-order valence-corrected chi connectivity index (χ4v) is 1.22. The third-order valence-corrected chi connectivity index (χ3v) is 2.11. The SMILES string of the molecule is O=S(=O)([O-])C=Cc1c(F)c(F)c(F)c(F)c1F.[Na+]. The van der Waals surface area contributed by atoms with Crippen molar-refractivity contribution in [3.05, 3.63) is 40.1 Å². The van der Waals surface area contributed by atoms with Gasteiger partial charge >= 0.3 is 29.6 Å². The molecule has 0 aliphatic heterocycles. The van der Waals surface area contributed by atoms with Crippen molar-refractivity contribution in [3.8, 4) is 0 Å². The third-order valence-electron chi connectivity index (χ3n) is 1.65. The quantitative estimate of drug-likeness (QED) is 0.229. The van der Waals surface area contributed by atoms with Crippen LogP contribution in [0.5, 0.6) is 0 Å². The first-order chi connectivity index (χ1) is 7.65. The molecule has 0 aliphatic carbocycles. The Balaban J connectivity index is 0.00000289. The number of halogens is 5. The van der Waals surface area contributed by atoms with Gasteiger partial charge in [-0.25, -0.2) is 30.4 Å². The van der Waals surface area contributed by atoms with Crippen molar-refractivity contribution in [3.63, 3.8) is 0 Å². The summed E-state index contributed by atoms with van der Waals surface area (Å²) in [5, 5.41) is -0.217. The average Bonchev–Trinajstić information content (AvgIpc) is 2.22. The van der Waals surface area contributed by atoms with Crippen molar-refractivity contribution in [1.29, 1.82) is 0 Å². The topological polar surface area (TPSA) is 57.2 Å². The average molecular weight is 296 g/mol. The molecule has 3 nitrogen and oxygen atoms in total. The Bertz CT molecular complexity index is 570. The summed E-state index contributed by atoms with van der Waals surface area (Å²) >= 11 is 0. The van der Waals surface area contributed by atoms with Crippen LogP contribution in [0.25, 0.3) is 6.08 Å². The van der Waals surface area contributed by atoms with E-state index in [0.29, 0.717) is 0 Å². The summed E-state index contributed by atoms with van der Waals surface area (Å²) in [7, 11) is -4.99. The monoisotopic (exact) mass is 296 g/mol. The van der Waals surface area contributed by atoms with Crippen LogP contribution in [0.4, 0.5) is 22.0 Å². The van der Waals surface area contributed by atoms with Crippen molar-refractivity contribution in [2.75, 3.05) is 0 Å². The van der Waals surface area contributed by atoms with Crippen molar-refractivity contribution in [2.45, 2.75) is 0 Å². The molecular formula is C8H2F5NaO3S. The first kappa shape index (κ1) is 17.5. The number of hydrogen-bond donors (Lipinski definition) is 0. The van der Waals surface area contributed by atoms with E-state index in [0.717, 1.165) is 0 Å². The molecule has 0 bridgehead atoms. The number of rotatable bonds is 2. The van der Waals surface area contributed by atoms with Crippen LogP contribution < -0.4 is 29.6 Å². The van der Waals surface area contributed by atoms with Gasteiger partial charge in [0.25, 0.3) is 0 Å². The van der Waals surface area contributed by atoms with Crippen molar-refractivity contribution in [2.24, 2.45) is 0 Å². The second-order valence-electron chi connectivity index (χ2n) is 2.78. The van der Waals surface area contributed by atoms with E-state index in [4.69, 9.17) is 0 Å². The van der Waals surface area contributed by atoms with Crippen LogP contribution in [0.1, 0.15) is 5.56 Å². The molecule has 1 aromatic rings. The van der Waals surface area contributed by atoms with E-state index >= 15 is 0 Å². The molecule has 0 atom stereocenters. The first-order valence-corrected chi connectivity index (χ1v) is 5.27. The zero-order valence-electron chi connectivity index (χ0n) is 8.68. The molecule has 1 rings (SSSR count). The van der Waals surface area contributed by atoms with Crippen molar-refractivity contribution >= 4 is 16.2 Å². The molecule has 0 saturated heterocycles. The van der Waals surface area contributed by atoms with E-state index in [9.17, 15) is 34.9 Å². The van der Waals surface area contributed by atoms with Gasteiger partial charge in [-0.05, 0) is 6.08 Å². The van der Waals surface area contributed by atoms with Crippen LogP contribution in [-0.4, -0.2) is 13.0 Å². The normalized spacial score (nSPS) is 11.7. The Kier molecular flexibility index (Phi) is 5.95. The number of hydrogen-bond acceptors (Lipinski definition) is 3. The molecule has 0 spiro atoms. The van der Waals surface area contributed by atoms with Crippen LogP contribution >= 0.6 is 0 Å². The summed E-state index contributed by atoms with van der Waals surface area (Å²) in [6.45, 7) is 0. The Labute approximate surface area is 120 Å². The predicted octanol–water partition coefficient (Wildman–Crippen LogP) is -1.10. The van der Waals surface area contributed by atoms with Gasteiger partial charge in [0.1, 0.15) is 10.1 Å². The minimum absolute atomic E-state index is 0. The molecule has 0 unspecified atom stereocenters. The zero-order valence-corrected chi connectivity index (χ0v) is 11.5. The molecule has 0 fully saturated rings. The second kappa shape index (κ2) is 6.11. The van der Waals surface area contributed by atoms with Gasteiger partial charge in [-0.3, -0.25) is 0 Å². The Morgan fingerprint density at radius 1 is 0.833 bits per heavy atom. The van der Waals surface area contributed by atoms with Gasteiger partial charge in [-0.2, -0.15) is 0 Å². The molecule has 0 aromatic heterocycles. The molecule has 0 heterocycles. The van der Waals surface area contributed by atoms with E-state index in [-0.39, 0.29) is 41.0 Å². The van der Waals surface area contributed by atoms with Gasteiger partial charge in [0, 0.05) is 5.41 Å². The Morgan fingerprint density at radius 2 is 1.17 bits per heavy atom. The van der Waals surface area contributed by atoms with Crippen LogP contribution in [-0.2, 0) is 10.1 Å². The first-order valence-electron chi connectivity index (χ1n) is 3.80. The molecular weight excluding hydrogens is 294 g/mol. The Morgan fingerprint density at radius 3 is 1.50 bits per heavy atom. The largest absolute Gasteiger partial charge is 1.00 e. The van der Waals surface area contributed by atoms with Crippen LogP contribution in [0, 0.1) is 29.1 Å². The molecule has 0 amide bonds. The third kappa shape index (κ3) is 3.75. The maximum absolute atomic E-state index is 12.9. The van der Waals surface area contributed by atoms with Gasteiger partial charge in [-0.1, -0.05) is 0 Å². The van der Waals surface area contributed by atoms with E-state index in [1.54, 1.807) is 0 Å². The minimum atomic E-state index is -4.99. The molecule has 0 radical (unpaired) electrons.